The Balaban J connectivity index is 1.89. The predicted molar refractivity (Wildman–Crippen MR) is 75.1 cm³/mol. The second-order valence-electron chi connectivity index (χ2n) is 4.76. The van der Waals surface area contributed by atoms with Crippen LogP contribution in [0.15, 0.2) is 30.3 Å². The van der Waals surface area contributed by atoms with Gasteiger partial charge in [-0.3, -0.25) is 4.79 Å². The molecule has 0 fully saturated rings. The van der Waals surface area contributed by atoms with Crippen LogP contribution in [0.1, 0.15) is 16.2 Å². The highest BCUT2D eigenvalue weighted by atomic mass is 19.2. The zero-order chi connectivity index (χ0) is 15.9. The van der Waals surface area contributed by atoms with Crippen LogP contribution in [-0.2, 0) is 0 Å². The Bertz CT molecular complexity index is 866. The van der Waals surface area contributed by atoms with Gasteiger partial charge in [0.05, 0.1) is 11.0 Å². The first-order chi connectivity index (χ1) is 10.4. The molecule has 0 radical (unpaired) electrons. The summed E-state index contributed by atoms with van der Waals surface area (Å²) in [6.45, 7) is 1.78. The molecule has 7 heteroatoms. The number of aromatic nitrogens is 2. The zero-order valence-corrected chi connectivity index (χ0v) is 11.4. The number of carbonyl (C=O) groups is 1. The van der Waals surface area contributed by atoms with Gasteiger partial charge in [0.15, 0.2) is 17.5 Å². The van der Waals surface area contributed by atoms with Crippen LogP contribution in [0.5, 0.6) is 0 Å². The number of aryl methyl sites for hydroxylation is 1. The van der Waals surface area contributed by atoms with E-state index in [9.17, 15) is 18.0 Å². The smallest absolute Gasteiger partial charge is 0.255 e. The number of hydrogen-bond donors (Lipinski definition) is 2. The summed E-state index contributed by atoms with van der Waals surface area (Å²) in [5.74, 6) is -4.17. The predicted octanol–water partition coefficient (Wildman–Crippen LogP) is 3.54. The highest BCUT2D eigenvalue weighted by Crippen LogP contribution is 2.19. The van der Waals surface area contributed by atoms with Crippen molar-refractivity contribution in [2.75, 3.05) is 5.32 Å². The van der Waals surface area contributed by atoms with Crippen molar-refractivity contribution < 1.29 is 18.0 Å². The summed E-state index contributed by atoms with van der Waals surface area (Å²) in [6, 6.07) is 6.19. The number of fused-ring (bicyclic) bond motifs is 1. The summed E-state index contributed by atoms with van der Waals surface area (Å²) in [7, 11) is 0. The van der Waals surface area contributed by atoms with Crippen molar-refractivity contribution in [3.05, 3.63) is 59.2 Å². The standard InChI is InChI=1S/C15H10F3N3O/c1-7-19-12-3-2-8(4-13(12)20-7)15(22)21-9-5-10(16)14(18)11(17)6-9/h2-6H,1H3,(H,19,20)(H,21,22). The molecule has 112 valence electrons. The topological polar surface area (TPSA) is 57.8 Å². The lowest BCUT2D eigenvalue weighted by Crippen LogP contribution is -2.12. The molecule has 0 unspecified atom stereocenters. The Labute approximate surface area is 123 Å². The number of carbonyl (C=O) groups excluding carboxylic acids is 1. The molecule has 0 saturated carbocycles. The number of hydrogen-bond acceptors (Lipinski definition) is 2. The third kappa shape index (κ3) is 2.52. The maximum Gasteiger partial charge on any atom is 0.255 e. The first-order valence-electron chi connectivity index (χ1n) is 6.36. The van der Waals surface area contributed by atoms with Gasteiger partial charge in [0.2, 0.25) is 0 Å². The molecular weight excluding hydrogens is 295 g/mol. The maximum atomic E-state index is 13.1. The van der Waals surface area contributed by atoms with E-state index in [0.717, 1.165) is 12.1 Å². The molecule has 2 N–H and O–H groups in total. The summed E-state index contributed by atoms with van der Waals surface area (Å²) in [5.41, 5.74) is 1.48. The van der Waals surface area contributed by atoms with Crippen molar-refractivity contribution in [1.29, 1.82) is 0 Å². The van der Waals surface area contributed by atoms with E-state index in [4.69, 9.17) is 0 Å². The lowest BCUT2D eigenvalue weighted by atomic mass is 10.2. The number of halogens is 3. The van der Waals surface area contributed by atoms with Crippen molar-refractivity contribution in [2.24, 2.45) is 0 Å². The fourth-order valence-electron chi connectivity index (χ4n) is 2.11. The van der Waals surface area contributed by atoms with E-state index < -0.39 is 23.4 Å². The summed E-state index contributed by atoms with van der Waals surface area (Å²) >= 11 is 0. The zero-order valence-electron chi connectivity index (χ0n) is 11.4. The Morgan fingerprint density at radius 2 is 1.82 bits per heavy atom. The Morgan fingerprint density at radius 1 is 1.14 bits per heavy atom. The SMILES string of the molecule is Cc1nc2ccc(C(=O)Nc3cc(F)c(F)c(F)c3)cc2[nH]1. The molecule has 0 spiro atoms. The van der Waals surface area contributed by atoms with Crippen LogP contribution in [-0.4, -0.2) is 15.9 Å². The van der Waals surface area contributed by atoms with Crippen molar-refractivity contribution >= 4 is 22.6 Å². The third-order valence-electron chi connectivity index (χ3n) is 3.10. The van der Waals surface area contributed by atoms with Crippen LogP contribution in [0.25, 0.3) is 11.0 Å². The molecule has 0 aliphatic heterocycles. The minimum absolute atomic E-state index is 0.165. The normalized spacial score (nSPS) is 10.9. The fourth-order valence-corrected chi connectivity index (χ4v) is 2.11. The maximum absolute atomic E-state index is 13.1. The number of benzene rings is 2. The first-order valence-corrected chi connectivity index (χ1v) is 6.36. The van der Waals surface area contributed by atoms with Gasteiger partial charge in [-0.1, -0.05) is 0 Å². The molecule has 1 aromatic heterocycles. The van der Waals surface area contributed by atoms with Gasteiger partial charge in [-0.25, -0.2) is 18.2 Å². The van der Waals surface area contributed by atoms with Crippen LogP contribution in [0.3, 0.4) is 0 Å². The van der Waals surface area contributed by atoms with E-state index in [0.29, 0.717) is 16.9 Å². The summed E-state index contributed by atoms with van der Waals surface area (Å²) < 4.78 is 39.1. The van der Waals surface area contributed by atoms with Crippen molar-refractivity contribution in [3.63, 3.8) is 0 Å². The number of rotatable bonds is 2. The van der Waals surface area contributed by atoms with Crippen LogP contribution >= 0.6 is 0 Å². The van der Waals surface area contributed by atoms with E-state index in [1.165, 1.54) is 6.07 Å². The van der Waals surface area contributed by atoms with Gasteiger partial charge in [-0.15, -0.1) is 0 Å². The number of H-pyrrole nitrogens is 1. The average Bonchev–Trinajstić information content (AvgIpc) is 2.83. The second kappa shape index (κ2) is 5.18. The van der Waals surface area contributed by atoms with Crippen LogP contribution < -0.4 is 5.32 Å². The molecule has 3 rings (SSSR count). The van der Waals surface area contributed by atoms with E-state index in [-0.39, 0.29) is 11.3 Å². The van der Waals surface area contributed by atoms with Crippen molar-refractivity contribution in [1.82, 2.24) is 9.97 Å². The largest absolute Gasteiger partial charge is 0.342 e. The number of anilines is 1. The number of imidazole rings is 1. The number of aromatic amines is 1. The van der Waals surface area contributed by atoms with E-state index >= 15 is 0 Å². The lowest BCUT2D eigenvalue weighted by molar-refractivity contribution is 0.102. The molecule has 0 aliphatic rings. The summed E-state index contributed by atoms with van der Waals surface area (Å²) in [5, 5.41) is 2.32. The van der Waals surface area contributed by atoms with Crippen LogP contribution in [0.2, 0.25) is 0 Å². The van der Waals surface area contributed by atoms with E-state index in [1.54, 1.807) is 19.1 Å². The first kappa shape index (κ1) is 14.1. The molecule has 0 aliphatic carbocycles. The van der Waals surface area contributed by atoms with Crippen LogP contribution in [0.4, 0.5) is 18.9 Å². The Morgan fingerprint density at radius 3 is 2.50 bits per heavy atom. The highest BCUT2D eigenvalue weighted by Gasteiger charge is 2.13. The molecule has 1 amide bonds. The Hall–Kier alpha value is -2.83. The molecule has 3 aromatic rings. The van der Waals surface area contributed by atoms with Gasteiger partial charge in [-0.05, 0) is 25.1 Å². The van der Waals surface area contributed by atoms with Gasteiger partial charge < -0.3 is 10.3 Å². The summed E-state index contributed by atoms with van der Waals surface area (Å²) in [4.78, 5) is 19.3. The minimum atomic E-state index is -1.58. The van der Waals surface area contributed by atoms with E-state index in [1.807, 2.05) is 0 Å². The average molecular weight is 305 g/mol. The van der Waals surface area contributed by atoms with Gasteiger partial charge in [0.25, 0.3) is 5.91 Å². The molecule has 0 saturated heterocycles. The quantitative estimate of drug-likeness (QED) is 0.711. The molecule has 22 heavy (non-hydrogen) atoms. The Kier molecular flexibility index (Phi) is 3.32. The minimum Gasteiger partial charge on any atom is -0.342 e. The van der Waals surface area contributed by atoms with Crippen molar-refractivity contribution in [2.45, 2.75) is 6.92 Å². The van der Waals surface area contributed by atoms with Gasteiger partial charge in [0.1, 0.15) is 5.82 Å². The second-order valence-corrected chi connectivity index (χ2v) is 4.76. The van der Waals surface area contributed by atoms with Crippen LogP contribution in [0, 0.1) is 24.4 Å². The molecular formula is C15H10F3N3O. The lowest BCUT2D eigenvalue weighted by Gasteiger charge is -2.06. The number of nitrogens with zero attached hydrogens (tertiary/aromatic N) is 1. The van der Waals surface area contributed by atoms with Gasteiger partial charge in [-0.2, -0.15) is 0 Å². The fraction of sp³-hybridized carbons (Fsp3) is 0.0667. The number of nitrogens with one attached hydrogen (secondary N) is 2. The molecule has 1 heterocycles. The molecule has 4 nitrogen and oxygen atoms in total. The number of amides is 1. The van der Waals surface area contributed by atoms with E-state index in [2.05, 4.69) is 15.3 Å². The third-order valence-corrected chi connectivity index (χ3v) is 3.10. The molecule has 2 aromatic carbocycles. The highest BCUT2D eigenvalue weighted by molar-refractivity contribution is 6.05. The summed E-state index contributed by atoms with van der Waals surface area (Å²) in [6.07, 6.45) is 0. The van der Waals surface area contributed by atoms with Crippen molar-refractivity contribution in [3.8, 4) is 0 Å². The van der Waals surface area contributed by atoms with Gasteiger partial charge >= 0.3 is 0 Å². The molecule has 0 bridgehead atoms. The monoisotopic (exact) mass is 305 g/mol. The van der Waals surface area contributed by atoms with Gasteiger partial charge in [0, 0.05) is 23.4 Å². The molecule has 0 atom stereocenters.